The fraction of sp³-hybridized carbons (Fsp3) is 0.286. The first-order valence-electron chi connectivity index (χ1n) is 10.5. The number of non-ortho nitro benzene ring substituents is 1. The number of sulfonamides is 1. The van der Waals surface area contributed by atoms with Gasteiger partial charge in [-0.05, 0) is 24.1 Å². The summed E-state index contributed by atoms with van der Waals surface area (Å²) in [5.74, 6) is -2.30. The summed E-state index contributed by atoms with van der Waals surface area (Å²) in [6.45, 7) is 1.71. The van der Waals surface area contributed by atoms with Gasteiger partial charge < -0.3 is 22.5 Å². The number of guanidine groups is 1. The van der Waals surface area contributed by atoms with Crippen molar-refractivity contribution >= 4 is 33.5 Å². The van der Waals surface area contributed by atoms with Crippen molar-refractivity contribution < 1.29 is 22.9 Å². The molecule has 0 aliphatic carbocycles. The molecule has 0 aromatic heterocycles. The first-order chi connectivity index (χ1) is 16.5. The standard InChI is InChI=1S/C21H27N7O6S/c1-2-6-18(20(30)25-17(19(22)29)13-14-7-4-3-5-8-14)27(26-21(23)24)35(33,34)16-11-9-15(10-12-16)28(31)32/h3-5,7-12,17-18H,2,6,13H2,1H3,(H2,22,29)(H,25,30)(H4,23,24,26)/t17-,18-/m0/s1. The van der Waals surface area contributed by atoms with E-state index in [2.05, 4.69) is 10.4 Å². The van der Waals surface area contributed by atoms with Gasteiger partial charge in [0.25, 0.3) is 15.7 Å². The van der Waals surface area contributed by atoms with Gasteiger partial charge in [0.15, 0.2) is 0 Å². The number of primary amides is 1. The Balaban J connectivity index is 2.43. The molecule has 0 heterocycles. The summed E-state index contributed by atoms with van der Waals surface area (Å²) < 4.78 is 27.1. The van der Waals surface area contributed by atoms with Crippen molar-refractivity contribution in [3.8, 4) is 0 Å². The second-order valence-corrected chi connectivity index (χ2v) is 9.31. The third-order valence-corrected chi connectivity index (χ3v) is 6.58. The summed E-state index contributed by atoms with van der Waals surface area (Å²) in [5, 5.41) is 17.1. The third kappa shape index (κ3) is 7.14. The van der Waals surface area contributed by atoms with Gasteiger partial charge in [-0.3, -0.25) is 19.7 Å². The van der Waals surface area contributed by atoms with Crippen molar-refractivity contribution in [2.45, 2.75) is 43.2 Å². The smallest absolute Gasteiger partial charge is 0.279 e. The second kappa shape index (κ2) is 11.8. The van der Waals surface area contributed by atoms with Crippen LogP contribution in [-0.2, 0) is 26.0 Å². The quantitative estimate of drug-likeness (QED) is 0.134. The number of nitro groups is 1. The minimum atomic E-state index is -4.53. The minimum Gasteiger partial charge on any atom is -0.369 e. The maximum atomic E-state index is 13.3. The van der Waals surface area contributed by atoms with E-state index >= 15 is 0 Å². The molecular formula is C21H27N7O6S. The molecule has 0 bridgehead atoms. The summed E-state index contributed by atoms with van der Waals surface area (Å²) in [6, 6.07) is 10.2. The fourth-order valence-corrected chi connectivity index (χ4v) is 4.64. The van der Waals surface area contributed by atoms with Gasteiger partial charge in [0, 0.05) is 18.6 Å². The highest BCUT2D eigenvalue weighted by Gasteiger charge is 2.36. The monoisotopic (exact) mass is 505 g/mol. The summed E-state index contributed by atoms with van der Waals surface area (Å²) in [5.41, 5.74) is 16.8. The van der Waals surface area contributed by atoms with Crippen LogP contribution >= 0.6 is 0 Å². The van der Waals surface area contributed by atoms with Crippen molar-refractivity contribution in [1.82, 2.24) is 9.73 Å². The number of nitrogens with zero attached hydrogens (tertiary/aromatic N) is 3. The van der Waals surface area contributed by atoms with Gasteiger partial charge in [-0.2, -0.15) is 12.8 Å². The van der Waals surface area contributed by atoms with E-state index in [4.69, 9.17) is 17.2 Å². The number of hydrazone groups is 1. The molecule has 0 fully saturated rings. The molecule has 2 aromatic rings. The second-order valence-electron chi connectivity index (χ2n) is 7.51. The van der Waals surface area contributed by atoms with Crippen LogP contribution in [0.5, 0.6) is 0 Å². The molecule has 2 aromatic carbocycles. The number of nitrogens with one attached hydrogen (secondary N) is 1. The molecule has 0 saturated heterocycles. The van der Waals surface area contributed by atoms with Crippen LogP contribution in [-0.4, -0.2) is 47.6 Å². The van der Waals surface area contributed by atoms with Gasteiger partial charge in [0.05, 0.1) is 9.82 Å². The average molecular weight is 506 g/mol. The molecule has 7 N–H and O–H groups in total. The Kier molecular flexibility index (Phi) is 9.11. The summed E-state index contributed by atoms with van der Waals surface area (Å²) in [4.78, 5) is 35.1. The third-order valence-electron chi connectivity index (χ3n) is 4.88. The Morgan fingerprint density at radius 2 is 1.69 bits per heavy atom. The molecule has 35 heavy (non-hydrogen) atoms. The van der Waals surface area contributed by atoms with Crippen LogP contribution in [0.3, 0.4) is 0 Å². The van der Waals surface area contributed by atoms with E-state index in [1.165, 1.54) is 0 Å². The lowest BCUT2D eigenvalue weighted by Crippen LogP contribution is -2.54. The van der Waals surface area contributed by atoms with Gasteiger partial charge in [0.2, 0.25) is 17.8 Å². The number of hydrogen-bond donors (Lipinski definition) is 4. The molecule has 13 nitrogen and oxygen atoms in total. The number of nitro benzene ring substituents is 1. The van der Waals surface area contributed by atoms with E-state index < -0.39 is 44.8 Å². The topological polar surface area (TPSA) is 217 Å². The molecule has 2 amide bonds. The van der Waals surface area contributed by atoms with Crippen molar-refractivity contribution in [1.29, 1.82) is 0 Å². The largest absolute Gasteiger partial charge is 0.369 e. The highest BCUT2D eigenvalue weighted by Crippen LogP contribution is 2.24. The Morgan fingerprint density at radius 1 is 1.09 bits per heavy atom. The van der Waals surface area contributed by atoms with Gasteiger partial charge >= 0.3 is 0 Å². The molecule has 188 valence electrons. The Labute approximate surface area is 202 Å². The van der Waals surface area contributed by atoms with E-state index in [-0.39, 0.29) is 23.4 Å². The van der Waals surface area contributed by atoms with Crippen molar-refractivity contribution in [2.75, 3.05) is 0 Å². The van der Waals surface area contributed by atoms with E-state index in [0.717, 1.165) is 29.8 Å². The minimum absolute atomic E-state index is 0.00829. The lowest BCUT2D eigenvalue weighted by Gasteiger charge is -2.29. The van der Waals surface area contributed by atoms with Gasteiger partial charge in [-0.15, -0.1) is 5.10 Å². The summed E-state index contributed by atoms with van der Waals surface area (Å²) in [7, 11) is -4.53. The molecule has 0 unspecified atom stereocenters. The molecule has 0 radical (unpaired) electrons. The van der Waals surface area contributed by atoms with Crippen molar-refractivity contribution in [3.05, 3.63) is 70.3 Å². The highest BCUT2D eigenvalue weighted by molar-refractivity contribution is 7.89. The fourth-order valence-electron chi connectivity index (χ4n) is 3.21. The van der Waals surface area contributed by atoms with Gasteiger partial charge in [-0.1, -0.05) is 43.7 Å². The number of nitrogens with two attached hydrogens (primary N) is 3. The number of carbonyl (C=O) groups excluding carboxylic acids is 2. The molecule has 14 heteroatoms. The maximum Gasteiger partial charge on any atom is 0.279 e. The number of rotatable bonds is 12. The van der Waals surface area contributed by atoms with E-state index in [1.807, 2.05) is 0 Å². The van der Waals surface area contributed by atoms with Gasteiger partial charge in [0.1, 0.15) is 12.1 Å². The number of benzene rings is 2. The van der Waals surface area contributed by atoms with Crippen LogP contribution in [0, 0.1) is 10.1 Å². The van der Waals surface area contributed by atoms with Crippen molar-refractivity contribution in [2.24, 2.45) is 22.3 Å². The molecule has 0 saturated carbocycles. The van der Waals surface area contributed by atoms with Crippen LogP contribution in [0.15, 0.2) is 64.6 Å². The highest BCUT2D eigenvalue weighted by atomic mass is 32.2. The SMILES string of the molecule is CCC[C@@H](C(=O)N[C@@H](Cc1ccccc1)C(N)=O)N(N=C(N)N)S(=O)(=O)c1ccc([N+](=O)[O-])cc1. The molecule has 0 spiro atoms. The van der Waals surface area contributed by atoms with Crippen LogP contribution in [0.2, 0.25) is 0 Å². The molecule has 0 aliphatic heterocycles. The maximum absolute atomic E-state index is 13.3. The Hall–Kier alpha value is -4.20. The first kappa shape index (κ1) is 27.0. The summed E-state index contributed by atoms with van der Waals surface area (Å²) in [6.07, 6.45) is 0.425. The van der Waals surface area contributed by atoms with Crippen LogP contribution < -0.4 is 22.5 Å². The number of carbonyl (C=O) groups is 2. The molecule has 0 aliphatic rings. The van der Waals surface area contributed by atoms with E-state index in [1.54, 1.807) is 37.3 Å². The average Bonchev–Trinajstić information content (AvgIpc) is 2.81. The van der Waals surface area contributed by atoms with E-state index in [9.17, 15) is 28.1 Å². The zero-order chi connectivity index (χ0) is 26.2. The summed E-state index contributed by atoms with van der Waals surface area (Å²) >= 11 is 0. The normalized spacial score (nSPS) is 12.7. The van der Waals surface area contributed by atoms with E-state index in [0.29, 0.717) is 10.8 Å². The Bertz CT molecular complexity index is 1180. The number of hydrogen-bond acceptors (Lipinski definition) is 7. The van der Waals surface area contributed by atoms with Crippen LogP contribution in [0.1, 0.15) is 25.3 Å². The predicted octanol–water partition coefficient (Wildman–Crippen LogP) is 0.155. The lowest BCUT2D eigenvalue weighted by atomic mass is 10.0. The van der Waals surface area contributed by atoms with Crippen molar-refractivity contribution in [3.63, 3.8) is 0 Å². The molecule has 2 rings (SSSR count). The Morgan fingerprint density at radius 3 is 2.17 bits per heavy atom. The zero-order valence-corrected chi connectivity index (χ0v) is 19.7. The van der Waals surface area contributed by atoms with Crippen LogP contribution in [0.4, 0.5) is 5.69 Å². The lowest BCUT2D eigenvalue weighted by molar-refractivity contribution is -0.384. The molecule has 2 atom stereocenters. The van der Waals surface area contributed by atoms with Crippen LogP contribution in [0.25, 0.3) is 0 Å². The predicted molar refractivity (Wildman–Crippen MR) is 128 cm³/mol. The number of amides is 2. The van der Waals surface area contributed by atoms with Gasteiger partial charge in [-0.25, -0.2) is 0 Å². The first-order valence-corrected chi connectivity index (χ1v) is 11.9. The molecular weight excluding hydrogens is 478 g/mol. The zero-order valence-electron chi connectivity index (χ0n) is 18.9.